The van der Waals surface area contributed by atoms with Crippen LogP contribution in [0.4, 0.5) is 14.9 Å². The van der Waals surface area contributed by atoms with Crippen LogP contribution in [0, 0.1) is 11.7 Å². The Morgan fingerprint density at radius 3 is 2.46 bits per heavy atom. The molecule has 3 amide bonds. The van der Waals surface area contributed by atoms with E-state index in [0.717, 1.165) is 12.8 Å². The van der Waals surface area contributed by atoms with Crippen LogP contribution >= 0.6 is 0 Å². The Bertz CT molecular complexity index is 556. The number of piperidine rings is 1. The minimum atomic E-state index is -0.342. The number of likely N-dealkylation sites (tertiary alicyclic amines) is 1. The molecule has 0 saturated carbocycles. The van der Waals surface area contributed by atoms with Crippen molar-refractivity contribution in [1.82, 2.24) is 15.5 Å². The summed E-state index contributed by atoms with van der Waals surface area (Å²) < 4.78 is 12.8. The number of nitrogens with zero attached hydrogens (tertiary/aromatic N) is 1. The minimum Gasteiger partial charge on any atom is -0.342 e. The quantitative estimate of drug-likeness (QED) is 0.767. The third-order valence-electron chi connectivity index (χ3n) is 4.18. The van der Waals surface area contributed by atoms with Crippen molar-refractivity contribution in [2.75, 3.05) is 32.0 Å². The second kappa shape index (κ2) is 8.63. The van der Waals surface area contributed by atoms with Gasteiger partial charge in [0.25, 0.3) is 0 Å². The van der Waals surface area contributed by atoms with E-state index in [1.807, 2.05) is 18.9 Å². The lowest BCUT2D eigenvalue weighted by molar-refractivity contribution is -0.135. The Kier molecular flexibility index (Phi) is 6.54. The Labute approximate surface area is 141 Å². The first-order valence-electron chi connectivity index (χ1n) is 8.26. The molecule has 24 heavy (non-hydrogen) atoms. The van der Waals surface area contributed by atoms with Gasteiger partial charge in [-0.15, -0.1) is 0 Å². The number of halogens is 1. The van der Waals surface area contributed by atoms with Crippen molar-refractivity contribution in [3.63, 3.8) is 0 Å². The number of nitrogens with one attached hydrogen (secondary N) is 3. The summed E-state index contributed by atoms with van der Waals surface area (Å²) in [4.78, 5) is 26.1. The molecule has 1 aromatic rings. The molecule has 1 aromatic carbocycles. The number of hydrogen-bond acceptors (Lipinski definition) is 3. The first-order chi connectivity index (χ1) is 11.5. The van der Waals surface area contributed by atoms with Gasteiger partial charge in [0.15, 0.2) is 0 Å². The molecule has 0 spiro atoms. The van der Waals surface area contributed by atoms with Gasteiger partial charge >= 0.3 is 6.03 Å². The maximum absolute atomic E-state index is 12.8. The second-order valence-electron chi connectivity index (χ2n) is 6.16. The molecule has 0 radical (unpaired) electrons. The van der Waals surface area contributed by atoms with Crippen LogP contribution in [-0.2, 0) is 4.79 Å². The Hall–Kier alpha value is -2.15. The summed E-state index contributed by atoms with van der Waals surface area (Å²) in [7, 11) is 1.83. The number of carbonyl (C=O) groups is 2. The standard InChI is InChI=1S/C17H25FN4O2/c1-12(11-19-2)16(23)22-9-7-15(8-10-22)21-17(24)20-14-5-3-13(18)4-6-14/h3-6,12,15,19H,7-11H2,1-2H3,(H2,20,21,24). The monoisotopic (exact) mass is 336 g/mol. The Morgan fingerprint density at radius 2 is 1.88 bits per heavy atom. The van der Waals surface area contributed by atoms with Crippen molar-refractivity contribution in [2.24, 2.45) is 5.92 Å². The Balaban J connectivity index is 1.75. The topological polar surface area (TPSA) is 73.5 Å². The Morgan fingerprint density at radius 1 is 1.25 bits per heavy atom. The van der Waals surface area contributed by atoms with Crippen LogP contribution in [-0.4, -0.2) is 49.6 Å². The molecule has 0 bridgehead atoms. The fourth-order valence-corrected chi connectivity index (χ4v) is 2.84. The maximum atomic E-state index is 12.8. The first kappa shape index (κ1) is 18.2. The van der Waals surface area contributed by atoms with Crippen LogP contribution in [0.3, 0.4) is 0 Å². The molecule has 3 N–H and O–H groups in total. The zero-order valence-electron chi connectivity index (χ0n) is 14.1. The smallest absolute Gasteiger partial charge is 0.319 e. The second-order valence-corrected chi connectivity index (χ2v) is 6.16. The van der Waals surface area contributed by atoms with Gasteiger partial charge in [0.1, 0.15) is 5.82 Å². The van der Waals surface area contributed by atoms with Gasteiger partial charge in [-0.25, -0.2) is 9.18 Å². The molecule has 7 heteroatoms. The highest BCUT2D eigenvalue weighted by molar-refractivity contribution is 5.89. The van der Waals surface area contributed by atoms with E-state index in [4.69, 9.17) is 0 Å². The third kappa shape index (κ3) is 5.19. The van der Waals surface area contributed by atoms with Gasteiger partial charge in [-0.3, -0.25) is 4.79 Å². The maximum Gasteiger partial charge on any atom is 0.319 e. The van der Waals surface area contributed by atoms with Crippen LogP contribution in [0.15, 0.2) is 24.3 Å². The summed E-state index contributed by atoms with van der Waals surface area (Å²) in [5, 5.41) is 8.59. The summed E-state index contributed by atoms with van der Waals surface area (Å²) >= 11 is 0. The normalized spacial score (nSPS) is 16.5. The van der Waals surface area contributed by atoms with E-state index < -0.39 is 0 Å². The first-order valence-corrected chi connectivity index (χ1v) is 8.26. The van der Waals surface area contributed by atoms with Crippen molar-refractivity contribution in [1.29, 1.82) is 0 Å². The predicted octanol–water partition coefficient (Wildman–Crippen LogP) is 1.79. The highest BCUT2D eigenvalue weighted by Gasteiger charge is 2.26. The van der Waals surface area contributed by atoms with E-state index >= 15 is 0 Å². The SMILES string of the molecule is CNCC(C)C(=O)N1CCC(NC(=O)Nc2ccc(F)cc2)CC1. The lowest BCUT2D eigenvalue weighted by Crippen LogP contribution is -2.49. The third-order valence-corrected chi connectivity index (χ3v) is 4.18. The van der Waals surface area contributed by atoms with Crippen LogP contribution in [0.2, 0.25) is 0 Å². The van der Waals surface area contributed by atoms with E-state index in [0.29, 0.717) is 25.3 Å². The molecular weight excluding hydrogens is 311 g/mol. The van der Waals surface area contributed by atoms with E-state index in [1.165, 1.54) is 24.3 Å². The molecule has 1 heterocycles. The van der Waals surface area contributed by atoms with Crippen LogP contribution < -0.4 is 16.0 Å². The van der Waals surface area contributed by atoms with Crippen LogP contribution in [0.1, 0.15) is 19.8 Å². The fourth-order valence-electron chi connectivity index (χ4n) is 2.84. The lowest BCUT2D eigenvalue weighted by atomic mass is 10.0. The molecule has 1 fully saturated rings. The van der Waals surface area contributed by atoms with Crippen molar-refractivity contribution < 1.29 is 14.0 Å². The van der Waals surface area contributed by atoms with E-state index in [2.05, 4.69) is 16.0 Å². The average Bonchev–Trinajstić information content (AvgIpc) is 2.57. The minimum absolute atomic E-state index is 0.0362. The molecule has 1 unspecified atom stereocenters. The number of benzene rings is 1. The average molecular weight is 336 g/mol. The lowest BCUT2D eigenvalue weighted by Gasteiger charge is -2.34. The van der Waals surface area contributed by atoms with Gasteiger partial charge in [-0.05, 0) is 44.2 Å². The van der Waals surface area contributed by atoms with E-state index in [9.17, 15) is 14.0 Å². The summed E-state index contributed by atoms with van der Waals surface area (Å²) in [5.41, 5.74) is 0.544. The zero-order valence-corrected chi connectivity index (χ0v) is 14.1. The predicted molar refractivity (Wildman–Crippen MR) is 91.2 cm³/mol. The largest absolute Gasteiger partial charge is 0.342 e. The number of anilines is 1. The summed E-state index contributed by atoms with van der Waals surface area (Å²) in [6, 6.07) is 5.35. The highest BCUT2D eigenvalue weighted by atomic mass is 19.1. The number of carbonyl (C=O) groups excluding carboxylic acids is 2. The number of amides is 3. The van der Waals surface area contributed by atoms with Gasteiger partial charge in [0.2, 0.25) is 5.91 Å². The molecule has 0 aromatic heterocycles. The molecule has 1 aliphatic rings. The highest BCUT2D eigenvalue weighted by Crippen LogP contribution is 2.14. The molecular formula is C17H25FN4O2. The van der Waals surface area contributed by atoms with Crippen molar-refractivity contribution in [3.05, 3.63) is 30.1 Å². The molecule has 132 valence electrons. The molecule has 1 saturated heterocycles. The molecule has 6 nitrogen and oxygen atoms in total. The zero-order chi connectivity index (χ0) is 17.5. The van der Waals surface area contributed by atoms with Crippen LogP contribution in [0.5, 0.6) is 0 Å². The number of hydrogen-bond donors (Lipinski definition) is 3. The molecule has 2 rings (SSSR count). The molecule has 1 atom stereocenters. The van der Waals surface area contributed by atoms with Crippen molar-refractivity contribution in [3.8, 4) is 0 Å². The van der Waals surface area contributed by atoms with Gasteiger partial charge in [-0.2, -0.15) is 0 Å². The molecule has 0 aliphatic carbocycles. The van der Waals surface area contributed by atoms with Crippen molar-refractivity contribution >= 4 is 17.6 Å². The fraction of sp³-hybridized carbons (Fsp3) is 0.529. The van der Waals surface area contributed by atoms with Gasteiger partial charge in [0.05, 0.1) is 0 Å². The summed E-state index contributed by atoms with van der Waals surface area (Å²) in [6.45, 7) is 3.87. The van der Waals surface area contributed by atoms with Gasteiger partial charge in [0, 0.05) is 37.3 Å². The number of rotatable bonds is 5. The number of urea groups is 1. The summed E-state index contributed by atoms with van der Waals surface area (Å²) in [6.07, 6.45) is 1.46. The van der Waals surface area contributed by atoms with Gasteiger partial charge < -0.3 is 20.9 Å². The van der Waals surface area contributed by atoms with E-state index in [-0.39, 0.29) is 29.7 Å². The summed E-state index contributed by atoms with van der Waals surface area (Å²) in [5.74, 6) is -0.231. The van der Waals surface area contributed by atoms with E-state index in [1.54, 1.807) is 0 Å². The van der Waals surface area contributed by atoms with Gasteiger partial charge in [-0.1, -0.05) is 6.92 Å². The van der Waals surface area contributed by atoms with Crippen molar-refractivity contribution in [2.45, 2.75) is 25.8 Å². The molecule has 1 aliphatic heterocycles. The van der Waals surface area contributed by atoms with Crippen LogP contribution in [0.25, 0.3) is 0 Å².